The van der Waals surface area contributed by atoms with Gasteiger partial charge in [-0.1, -0.05) is 12.1 Å². The van der Waals surface area contributed by atoms with Crippen molar-refractivity contribution >= 4 is 5.91 Å². The summed E-state index contributed by atoms with van der Waals surface area (Å²) < 4.78 is 12.7. The van der Waals surface area contributed by atoms with E-state index in [1.807, 2.05) is 0 Å². The van der Waals surface area contributed by atoms with Gasteiger partial charge in [0, 0.05) is 13.6 Å². The Kier molecular flexibility index (Phi) is 3.59. The normalized spacial score (nSPS) is 9.93. The summed E-state index contributed by atoms with van der Waals surface area (Å²) in [7, 11) is 1.56. The Morgan fingerprint density at radius 3 is 2.86 bits per heavy atom. The Labute approximate surface area is 81.8 Å². The van der Waals surface area contributed by atoms with Crippen molar-refractivity contribution in [3.63, 3.8) is 0 Å². The summed E-state index contributed by atoms with van der Waals surface area (Å²) in [6.45, 7) is -0.219. The Bertz CT molecular complexity index is 328. The molecule has 0 saturated heterocycles. The van der Waals surface area contributed by atoms with E-state index in [0.717, 1.165) is 0 Å². The molecule has 0 atom stereocenters. The predicted molar refractivity (Wildman–Crippen MR) is 50.0 cm³/mol. The van der Waals surface area contributed by atoms with E-state index in [1.54, 1.807) is 19.2 Å². The molecule has 76 valence electrons. The van der Waals surface area contributed by atoms with Crippen molar-refractivity contribution in [2.75, 3.05) is 13.7 Å². The van der Waals surface area contributed by atoms with Crippen molar-refractivity contribution in [2.45, 2.75) is 6.54 Å². The molecule has 0 aliphatic heterocycles. The minimum absolute atomic E-state index is 0.303. The molecule has 3 nitrogen and oxygen atoms in total. The fourth-order valence-electron chi connectivity index (χ4n) is 1.12. The van der Waals surface area contributed by atoms with Crippen LogP contribution in [0.15, 0.2) is 24.3 Å². The molecule has 0 bridgehead atoms. The number of likely N-dealkylation sites (N-methyl/N-ethyl adjacent to an activating group) is 1. The molecule has 0 heterocycles. The van der Waals surface area contributed by atoms with Crippen LogP contribution < -0.4 is 0 Å². The molecular formula is C10H12FNO2. The first-order valence-corrected chi connectivity index (χ1v) is 4.22. The minimum Gasteiger partial charge on any atom is -0.387 e. The fraction of sp³-hybridized carbons (Fsp3) is 0.300. The van der Waals surface area contributed by atoms with E-state index in [4.69, 9.17) is 5.11 Å². The molecule has 1 rings (SSSR count). The number of rotatable bonds is 3. The van der Waals surface area contributed by atoms with E-state index in [1.165, 1.54) is 17.0 Å². The number of aliphatic hydroxyl groups excluding tert-OH is 1. The van der Waals surface area contributed by atoms with Crippen molar-refractivity contribution in [3.8, 4) is 0 Å². The van der Waals surface area contributed by atoms with E-state index in [0.29, 0.717) is 12.1 Å². The first kappa shape index (κ1) is 10.7. The maximum absolute atomic E-state index is 12.7. The number of aliphatic hydroxyl groups is 1. The standard InChI is InChI=1S/C10H12FNO2/c1-12(10(14)7-13)6-8-3-2-4-9(11)5-8/h2-5,13H,6-7H2,1H3. The fourth-order valence-corrected chi connectivity index (χ4v) is 1.12. The van der Waals surface area contributed by atoms with E-state index < -0.39 is 6.61 Å². The van der Waals surface area contributed by atoms with Gasteiger partial charge >= 0.3 is 0 Å². The highest BCUT2D eigenvalue weighted by molar-refractivity contribution is 5.76. The zero-order chi connectivity index (χ0) is 10.6. The maximum Gasteiger partial charge on any atom is 0.248 e. The van der Waals surface area contributed by atoms with Gasteiger partial charge in [0.1, 0.15) is 12.4 Å². The smallest absolute Gasteiger partial charge is 0.248 e. The van der Waals surface area contributed by atoms with Gasteiger partial charge in [0.05, 0.1) is 0 Å². The molecule has 1 aromatic rings. The van der Waals surface area contributed by atoms with Crippen LogP contribution in [-0.2, 0) is 11.3 Å². The number of hydrogen-bond acceptors (Lipinski definition) is 2. The van der Waals surface area contributed by atoms with Gasteiger partial charge in [0.15, 0.2) is 0 Å². The number of halogens is 1. The first-order valence-electron chi connectivity index (χ1n) is 4.22. The maximum atomic E-state index is 12.7. The van der Waals surface area contributed by atoms with Gasteiger partial charge in [-0.2, -0.15) is 0 Å². The summed E-state index contributed by atoms with van der Waals surface area (Å²) in [5.74, 6) is -0.707. The van der Waals surface area contributed by atoms with Crippen LogP contribution >= 0.6 is 0 Å². The molecule has 0 fully saturated rings. The van der Waals surface area contributed by atoms with Gasteiger partial charge in [-0.25, -0.2) is 4.39 Å². The summed E-state index contributed by atoms with van der Waals surface area (Å²) in [4.78, 5) is 12.3. The van der Waals surface area contributed by atoms with Crippen LogP contribution in [-0.4, -0.2) is 29.6 Å². The third-order valence-corrected chi connectivity index (χ3v) is 1.87. The second kappa shape index (κ2) is 4.72. The quantitative estimate of drug-likeness (QED) is 0.777. The molecule has 14 heavy (non-hydrogen) atoms. The molecule has 1 aromatic carbocycles. The Balaban J connectivity index is 2.64. The van der Waals surface area contributed by atoms with Crippen molar-refractivity contribution in [1.29, 1.82) is 0 Å². The Morgan fingerprint density at radius 2 is 2.29 bits per heavy atom. The topological polar surface area (TPSA) is 40.5 Å². The van der Waals surface area contributed by atoms with E-state index in [2.05, 4.69) is 0 Å². The monoisotopic (exact) mass is 197 g/mol. The molecule has 0 radical (unpaired) electrons. The number of benzene rings is 1. The van der Waals surface area contributed by atoms with Gasteiger partial charge in [-0.3, -0.25) is 4.79 Å². The second-order valence-electron chi connectivity index (χ2n) is 3.04. The van der Waals surface area contributed by atoms with Gasteiger partial charge in [-0.15, -0.1) is 0 Å². The molecule has 1 amide bonds. The number of carbonyl (C=O) groups excluding carboxylic acids is 1. The SMILES string of the molecule is CN(Cc1cccc(F)c1)C(=O)CO. The second-order valence-corrected chi connectivity index (χ2v) is 3.04. The lowest BCUT2D eigenvalue weighted by Gasteiger charge is -2.15. The van der Waals surface area contributed by atoms with Crippen LogP contribution in [0.4, 0.5) is 4.39 Å². The van der Waals surface area contributed by atoms with E-state index in [9.17, 15) is 9.18 Å². The number of hydrogen-bond donors (Lipinski definition) is 1. The summed E-state index contributed by atoms with van der Waals surface area (Å²) in [5, 5.41) is 8.57. The molecular weight excluding hydrogens is 185 g/mol. The number of nitrogens with zero attached hydrogens (tertiary/aromatic N) is 1. The Morgan fingerprint density at radius 1 is 1.57 bits per heavy atom. The lowest BCUT2D eigenvalue weighted by atomic mass is 10.2. The molecule has 0 aliphatic carbocycles. The average molecular weight is 197 g/mol. The highest BCUT2D eigenvalue weighted by Crippen LogP contribution is 2.05. The molecule has 1 N–H and O–H groups in total. The highest BCUT2D eigenvalue weighted by Gasteiger charge is 2.07. The average Bonchev–Trinajstić information content (AvgIpc) is 2.16. The third-order valence-electron chi connectivity index (χ3n) is 1.87. The zero-order valence-electron chi connectivity index (χ0n) is 7.90. The molecule has 0 aromatic heterocycles. The van der Waals surface area contributed by atoms with E-state index >= 15 is 0 Å². The van der Waals surface area contributed by atoms with Gasteiger partial charge in [-0.05, 0) is 17.7 Å². The van der Waals surface area contributed by atoms with Crippen LogP contribution in [0.5, 0.6) is 0 Å². The van der Waals surface area contributed by atoms with Crippen LogP contribution in [0.25, 0.3) is 0 Å². The van der Waals surface area contributed by atoms with E-state index in [-0.39, 0.29) is 11.7 Å². The summed E-state index contributed by atoms with van der Waals surface area (Å²) in [6, 6.07) is 6.02. The summed E-state index contributed by atoms with van der Waals surface area (Å²) in [6.07, 6.45) is 0. The van der Waals surface area contributed by atoms with Crippen molar-refractivity contribution < 1.29 is 14.3 Å². The van der Waals surface area contributed by atoms with Gasteiger partial charge in [0.2, 0.25) is 5.91 Å². The molecule has 0 saturated carbocycles. The third kappa shape index (κ3) is 2.81. The Hall–Kier alpha value is -1.42. The summed E-state index contributed by atoms with van der Waals surface area (Å²) >= 11 is 0. The largest absolute Gasteiger partial charge is 0.387 e. The molecule has 4 heteroatoms. The van der Waals surface area contributed by atoms with Crippen molar-refractivity contribution in [3.05, 3.63) is 35.6 Å². The van der Waals surface area contributed by atoms with Crippen LogP contribution in [0.1, 0.15) is 5.56 Å². The number of carbonyl (C=O) groups is 1. The van der Waals surface area contributed by atoms with Gasteiger partial charge < -0.3 is 10.0 Å². The molecule has 0 spiro atoms. The van der Waals surface area contributed by atoms with Crippen LogP contribution in [0, 0.1) is 5.82 Å². The highest BCUT2D eigenvalue weighted by atomic mass is 19.1. The summed E-state index contributed by atoms with van der Waals surface area (Å²) in [5.41, 5.74) is 0.703. The van der Waals surface area contributed by atoms with Gasteiger partial charge in [0.25, 0.3) is 0 Å². The van der Waals surface area contributed by atoms with Crippen LogP contribution in [0.2, 0.25) is 0 Å². The zero-order valence-corrected chi connectivity index (χ0v) is 7.90. The van der Waals surface area contributed by atoms with Crippen LogP contribution in [0.3, 0.4) is 0 Å². The molecule has 0 aliphatic rings. The molecule has 0 unspecified atom stereocenters. The first-order chi connectivity index (χ1) is 6.63. The lowest BCUT2D eigenvalue weighted by Crippen LogP contribution is -2.28. The predicted octanol–water partition coefficient (Wildman–Crippen LogP) is 0.776. The van der Waals surface area contributed by atoms with Crippen molar-refractivity contribution in [1.82, 2.24) is 4.90 Å². The minimum atomic E-state index is -0.522. The lowest BCUT2D eigenvalue weighted by molar-refractivity contribution is -0.133. The number of amides is 1. The van der Waals surface area contributed by atoms with Crippen molar-refractivity contribution in [2.24, 2.45) is 0 Å².